The van der Waals surface area contributed by atoms with E-state index in [1.807, 2.05) is 33.8 Å². The Kier molecular flexibility index (Phi) is 5.20. The summed E-state index contributed by atoms with van der Waals surface area (Å²) in [4.78, 5) is 11.6. The Hall–Kier alpha value is -1.51. The van der Waals surface area contributed by atoms with Gasteiger partial charge in [-0.1, -0.05) is 13.0 Å². The van der Waals surface area contributed by atoms with E-state index in [1.54, 1.807) is 0 Å². The molecule has 18 heavy (non-hydrogen) atoms. The fraction of sp³-hybridized carbons (Fsp3) is 0.533. The number of carbonyl (C=O) groups excluding carboxylic acids is 1. The number of nitrogens with one attached hydrogen (secondary N) is 1. The van der Waals surface area contributed by atoms with Gasteiger partial charge >= 0.3 is 0 Å². The average Bonchev–Trinajstić information content (AvgIpc) is 2.32. The highest BCUT2D eigenvalue weighted by atomic mass is 16.5. The average molecular weight is 249 g/mol. The molecule has 1 unspecified atom stereocenters. The minimum Gasteiger partial charge on any atom is -0.483 e. The van der Waals surface area contributed by atoms with Gasteiger partial charge in [0.05, 0.1) is 0 Å². The van der Waals surface area contributed by atoms with Gasteiger partial charge in [-0.3, -0.25) is 4.79 Å². The molecule has 1 rings (SSSR count). The van der Waals surface area contributed by atoms with Crippen LogP contribution < -0.4 is 10.1 Å². The molecule has 1 aromatic rings. The molecule has 0 saturated carbocycles. The molecular weight excluding hydrogens is 226 g/mol. The van der Waals surface area contributed by atoms with Gasteiger partial charge in [0.1, 0.15) is 5.75 Å². The third-order valence-electron chi connectivity index (χ3n) is 3.17. The van der Waals surface area contributed by atoms with Crippen molar-refractivity contribution in [3.8, 4) is 5.75 Å². The SMILES string of the molecule is CCC(C)NC(=O)COc1cc(C)c(C)cc1C. The number of rotatable bonds is 5. The van der Waals surface area contributed by atoms with Gasteiger partial charge in [-0.25, -0.2) is 0 Å². The molecule has 0 heterocycles. The number of amides is 1. The van der Waals surface area contributed by atoms with E-state index in [9.17, 15) is 4.79 Å². The summed E-state index contributed by atoms with van der Waals surface area (Å²) in [6, 6.07) is 4.26. The number of ether oxygens (including phenoxy) is 1. The zero-order valence-electron chi connectivity index (χ0n) is 12.0. The molecule has 0 saturated heterocycles. The Balaban J connectivity index is 2.58. The summed E-state index contributed by atoms with van der Waals surface area (Å²) in [5.74, 6) is 0.722. The summed E-state index contributed by atoms with van der Waals surface area (Å²) >= 11 is 0. The molecule has 3 heteroatoms. The van der Waals surface area contributed by atoms with Crippen molar-refractivity contribution in [1.29, 1.82) is 0 Å². The fourth-order valence-corrected chi connectivity index (χ4v) is 1.65. The molecule has 0 aliphatic rings. The maximum absolute atomic E-state index is 11.6. The molecule has 100 valence electrons. The summed E-state index contributed by atoms with van der Waals surface area (Å²) in [5.41, 5.74) is 3.48. The molecule has 1 amide bonds. The van der Waals surface area contributed by atoms with Crippen LogP contribution in [0.15, 0.2) is 12.1 Å². The van der Waals surface area contributed by atoms with Crippen LogP contribution in [0.3, 0.4) is 0 Å². The second-order valence-corrected chi connectivity index (χ2v) is 4.87. The molecule has 0 aromatic heterocycles. The standard InChI is InChI=1S/C15H23NO2/c1-6-13(5)16-15(17)9-18-14-8-11(3)10(2)7-12(14)4/h7-8,13H,6,9H2,1-5H3,(H,16,17). The Bertz CT molecular complexity index is 427. The smallest absolute Gasteiger partial charge is 0.258 e. The third kappa shape index (κ3) is 4.06. The van der Waals surface area contributed by atoms with Crippen molar-refractivity contribution in [2.45, 2.75) is 47.1 Å². The zero-order valence-corrected chi connectivity index (χ0v) is 12.0. The lowest BCUT2D eigenvalue weighted by Gasteiger charge is -2.14. The minimum absolute atomic E-state index is 0.0676. The van der Waals surface area contributed by atoms with Crippen LogP contribution in [-0.4, -0.2) is 18.6 Å². The van der Waals surface area contributed by atoms with Crippen molar-refractivity contribution in [3.63, 3.8) is 0 Å². The van der Waals surface area contributed by atoms with E-state index < -0.39 is 0 Å². The van der Waals surface area contributed by atoms with Crippen LogP contribution in [0.2, 0.25) is 0 Å². The van der Waals surface area contributed by atoms with Crippen molar-refractivity contribution in [3.05, 3.63) is 28.8 Å². The Morgan fingerprint density at radius 2 is 1.83 bits per heavy atom. The number of carbonyl (C=O) groups is 1. The number of hydrogen-bond acceptors (Lipinski definition) is 2. The van der Waals surface area contributed by atoms with Crippen LogP contribution in [0.4, 0.5) is 0 Å². The molecule has 1 N–H and O–H groups in total. The van der Waals surface area contributed by atoms with Gasteiger partial charge in [0.25, 0.3) is 5.91 Å². The predicted molar refractivity (Wildman–Crippen MR) is 74.0 cm³/mol. The second-order valence-electron chi connectivity index (χ2n) is 4.87. The molecule has 0 bridgehead atoms. The van der Waals surface area contributed by atoms with Crippen LogP contribution in [0.25, 0.3) is 0 Å². The Morgan fingerprint density at radius 1 is 1.22 bits per heavy atom. The lowest BCUT2D eigenvalue weighted by atomic mass is 10.1. The summed E-state index contributed by atoms with van der Waals surface area (Å²) in [5, 5.41) is 2.88. The van der Waals surface area contributed by atoms with Crippen LogP contribution in [0.1, 0.15) is 37.0 Å². The van der Waals surface area contributed by atoms with Crippen molar-refractivity contribution in [2.24, 2.45) is 0 Å². The van der Waals surface area contributed by atoms with Crippen molar-refractivity contribution in [2.75, 3.05) is 6.61 Å². The summed E-state index contributed by atoms with van der Waals surface area (Å²) in [7, 11) is 0. The lowest BCUT2D eigenvalue weighted by Crippen LogP contribution is -2.35. The van der Waals surface area contributed by atoms with Crippen LogP contribution in [0.5, 0.6) is 5.75 Å². The monoisotopic (exact) mass is 249 g/mol. The fourth-order valence-electron chi connectivity index (χ4n) is 1.65. The first-order valence-electron chi connectivity index (χ1n) is 6.44. The molecule has 0 spiro atoms. The zero-order chi connectivity index (χ0) is 13.7. The molecule has 0 aliphatic heterocycles. The maximum atomic E-state index is 11.6. The number of aryl methyl sites for hydroxylation is 3. The van der Waals surface area contributed by atoms with Gasteiger partial charge in [0.15, 0.2) is 6.61 Å². The molecule has 0 aliphatic carbocycles. The van der Waals surface area contributed by atoms with Gasteiger partial charge in [-0.15, -0.1) is 0 Å². The Labute approximate surface area is 110 Å². The number of hydrogen-bond donors (Lipinski definition) is 1. The first kappa shape index (κ1) is 14.6. The molecule has 1 atom stereocenters. The summed E-state index contributed by atoms with van der Waals surface area (Å²) < 4.78 is 5.57. The van der Waals surface area contributed by atoms with Crippen LogP contribution in [-0.2, 0) is 4.79 Å². The van der Waals surface area contributed by atoms with E-state index in [2.05, 4.69) is 18.3 Å². The molecule has 0 radical (unpaired) electrons. The van der Waals surface area contributed by atoms with Gasteiger partial charge < -0.3 is 10.1 Å². The largest absolute Gasteiger partial charge is 0.483 e. The van der Waals surface area contributed by atoms with Gasteiger partial charge in [0, 0.05) is 6.04 Å². The first-order chi connectivity index (χ1) is 8.43. The highest BCUT2D eigenvalue weighted by molar-refractivity contribution is 5.77. The van der Waals surface area contributed by atoms with E-state index >= 15 is 0 Å². The van der Waals surface area contributed by atoms with Crippen LogP contribution in [0, 0.1) is 20.8 Å². The van der Waals surface area contributed by atoms with Crippen molar-refractivity contribution < 1.29 is 9.53 Å². The van der Waals surface area contributed by atoms with Crippen molar-refractivity contribution >= 4 is 5.91 Å². The summed E-state index contributed by atoms with van der Waals surface area (Å²) in [6.07, 6.45) is 0.925. The van der Waals surface area contributed by atoms with Crippen molar-refractivity contribution in [1.82, 2.24) is 5.32 Å². The quantitative estimate of drug-likeness (QED) is 0.871. The van der Waals surface area contributed by atoms with E-state index in [-0.39, 0.29) is 18.6 Å². The maximum Gasteiger partial charge on any atom is 0.258 e. The Morgan fingerprint density at radius 3 is 2.44 bits per heavy atom. The third-order valence-corrected chi connectivity index (χ3v) is 3.17. The van der Waals surface area contributed by atoms with E-state index in [0.717, 1.165) is 17.7 Å². The van der Waals surface area contributed by atoms with Gasteiger partial charge in [-0.2, -0.15) is 0 Å². The predicted octanol–water partition coefficient (Wildman–Crippen LogP) is 2.91. The van der Waals surface area contributed by atoms with E-state index in [1.165, 1.54) is 11.1 Å². The molecule has 3 nitrogen and oxygen atoms in total. The molecular formula is C15H23NO2. The molecule has 0 fully saturated rings. The highest BCUT2D eigenvalue weighted by Crippen LogP contribution is 2.22. The topological polar surface area (TPSA) is 38.3 Å². The van der Waals surface area contributed by atoms with Crippen LogP contribution >= 0.6 is 0 Å². The first-order valence-corrected chi connectivity index (χ1v) is 6.44. The normalized spacial score (nSPS) is 12.1. The highest BCUT2D eigenvalue weighted by Gasteiger charge is 2.08. The lowest BCUT2D eigenvalue weighted by molar-refractivity contribution is -0.123. The van der Waals surface area contributed by atoms with Gasteiger partial charge in [0.2, 0.25) is 0 Å². The second kappa shape index (κ2) is 6.43. The molecule has 1 aromatic carbocycles. The van der Waals surface area contributed by atoms with E-state index in [0.29, 0.717) is 0 Å². The number of benzene rings is 1. The van der Waals surface area contributed by atoms with E-state index in [4.69, 9.17) is 4.74 Å². The minimum atomic E-state index is -0.0676. The van der Waals surface area contributed by atoms with Gasteiger partial charge in [-0.05, 0) is 56.9 Å². The summed E-state index contributed by atoms with van der Waals surface area (Å²) in [6.45, 7) is 10.2.